The lowest BCUT2D eigenvalue weighted by Gasteiger charge is -2.19. The first kappa shape index (κ1) is 20.1. The largest absolute Gasteiger partial charge is 0.478 e. The highest BCUT2D eigenvalue weighted by Crippen LogP contribution is 2.14. The number of allylic oxidation sites excluding steroid dienone is 1. The second kappa shape index (κ2) is 12.8. The lowest BCUT2D eigenvalue weighted by Crippen LogP contribution is -2.27. The Labute approximate surface area is 127 Å². The Morgan fingerprint density at radius 3 is 2.24 bits per heavy atom. The van der Waals surface area contributed by atoms with Crippen LogP contribution in [0.3, 0.4) is 0 Å². The van der Waals surface area contributed by atoms with Gasteiger partial charge in [-0.05, 0) is 38.5 Å². The molecule has 21 heavy (non-hydrogen) atoms. The summed E-state index contributed by atoms with van der Waals surface area (Å²) in [5.41, 5.74) is 0. The van der Waals surface area contributed by atoms with Crippen LogP contribution in [0.4, 0.5) is 0 Å². The average molecular weight is 302 g/mol. The van der Waals surface area contributed by atoms with Crippen molar-refractivity contribution < 1.29 is 25.2 Å². The van der Waals surface area contributed by atoms with Crippen molar-refractivity contribution in [2.45, 2.75) is 83.0 Å². The summed E-state index contributed by atoms with van der Waals surface area (Å²) in [6.45, 7) is 2.00. The van der Waals surface area contributed by atoms with E-state index in [9.17, 15) is 20.1 Å². The zero-order chi connectivity index (χ0) is 16.1. The fourth-order valence-corrected chi connectivity index (χ4v) is 2.20. The van der Waals surface area contributed by atoms with Gasteiger partial charge < -0.3 is 20.4 Å². The molecule has 0 aromatic carbocycles. The summed E-state index contributed by atoms with van der Waals surface area (Å²) in [6, 6.07) is 0. The molecule has 0 aliphatic carbocycles. The molecule has 0 rings (SSSR count). The summed E-state index contributed by atoms with van der Waals surface area (Å²) in [7, 11) is 0. The fraction of sp³-hybridized carbons (Fsp3) is 0.812. The molecule has 0 amide bonds. The first-order valence-corrected chi connectivity index (χ1v) is 7.91. The normalized spacial score (nSPS) is 16.0. The summed E-state index contributed by atoms with van der Waals surface area (Å²) < 4.78 is 0. The fourth-order valence-electron chi connectivity index (χ4n) is 2.20. The average Bonchev–Trinajstić information content (AvgIpc) is 2.43. The molecule has 3 atom stereocenters. The summed E-state index contributed by atoms with van der Waals surface area (Å²) >= 11 is 0. The molecule has 0 aromatic rings. The summed E-state index contributed by atoms with van der Waals surface area (Å²) in [5.74, 6) is -0.932. The van der Waals surface area contributed by atoms with E-state index < -0.39 is 24.3 Å². The Morgan fingerprint density at radius 2 is 1.62 bits per heavy atom. The van der Waals surface area contributed by atoms with Crippen LogP contribution in [0.15, 0.2) is 12.2 Å². The molecule has 0 aliphatic rings. The van der Waals surface area contributed by atoms with Gasteiger partial charge in [-0.1, -0.05) is 32.3 Å². The minimum Gasteiger partial charge on any atom is -0.478 e. The molecular weight excluding hydrogens is 272 g/mol. The van der Waals surface area contributed by atoms with Gasteiger partial charge in [0, 0.05) is 6.08 Å². The van der Waals surface area contributed by atoms with Crippen LogP contribution in [-0.4, -0.2) is 44.7 Å². The molecular formula is C16H30O5. The number of aliphatic carboxylic acids is 1. The van der Waals surface area contributed by atoms with E-state index in [1.807, 2.05) is 6.92 Å². The maximum atomic E-state index is 10.2. The molecule has 0 radical (unpaired) electrons. The van der Waals surface area contributed by atoms with Crippen molar-refractivity contribution in [3.8, 4) is 0 Å². The standard InChI is InChI=1S/C16H30O5/c1-2-8-13(17)11-12-15(19)14(18)9-6-4-3-5-7-10-16(20)21/h7,10,13-15,17-19H,2-6,8-9,11-12H2,1H3,(H,20,21). The van der Waals surface area contributed by atoms with Gasteiger partial charge in [-0.3, -0.25) is 0 Å². The second-order valence-electron chi connectivity index (χ2n) is 5.53. The zero-order valence-corrected chi connectivity index (χ0v) is 12.9. The van der Waals surface area contributed by atoms with E-state index in [2.05, 4.69) is 0 Å². The number of unbranched alkanes of at least 4 members (excludes halogenated alkanes) is 3. The predicted octanol–water partition coefficient (Wildman–Crippen LogP) is 2.24. The number of aliphatic hydroxyl groups excluding tert-OH is 3. The van der Waals surface area contributed by atoms with Crippen LogP contribution < -0.4 is 0 Å². The molecule has 0 spiro atoms. The van der Waals surface area contributed by atoms with Gasteiger partial charge >= 0.3 is 5.97 Å². The molecule has 5 nitrogen and oxygen atoms in total. The van der Waals surface area contributed by atoms with E-state index in [0.29, 0.717) is 25.7 Å². The minimum atomic E-state index is -0.932. The second-order valence-corrected chi connectivity index (χ2v) is 5.53. The van der Waals surface area contributed by atoms with Gasteiger partial charge in [-0.25, -0.2) is 4.79 Å². The van der Waals surface area contributed by atoms with Crippen LogP contribution >= 0.6 is 0 Å². The molecule has 0 fully saturated rings. The van der Waals surface area contributed by atoms with Gasteiger partial charge in [0.05, 0.1) is 18.3 Å². The van der Waals surface area contributed by atoms with Crippen LogP contribution in [0, 0.1) is 0 Å². The highest BCUT2D eigenvalue weighted by Gasteiger charge is 2.17. The number of hydrogen-bond donors (Lipinski definition) is 4. The zero-order valence-electron chi connectivity index (χ0n) is 12.9. The van der Waals surface area contributed by atoms with Crippen molar-refractivity contribution in [1.29, 1.82) is 0 Å². The Bertz CT molecular complexity index is 290. The number of aliphatic hydroxyl groups is 3. The van der Waals surface area contributed by atoms with E-state index in [0.717, 1.165) is 38.2 Å². The number of carboxylic acids is 1. The van der Waals surface area contributed by atoms with Gasteiger partial charge in [0.1, 0.15) is 0 Å². The summed E-state index contributed by atoms with van der Waals surface area (Å²) in [5, 5.41) is 37.6. The maximum Gasteiger partial charge on any atom is 0.327 e. The van der Waals surface area contributed by atoms with E-state index in [-0.39, 0.29) is 0 Å². The number of carboxylic acid groups (broad SMARTS) is 1. The molecule has 0 aliphatic heterocycles. The highest BCUT2D eigenvalue weighted by atomic mass is 16.4. The van der Waals surface area contributed by atoms with Crippen LogP contribution in [0.1, 0.15) is 64.7 Å². The molecule has 0 bridgehead atoms. The molecule has 0 saturated carbocycles. The molecule has 124 valence electrons. The van der Waals surface area contributed by atoms with Crippen LogP contribution in [0.25, 0.3) is 0 Å². The number of hydrogen-bond acceptors (Lipinski definition) is 4. The van der Waals surface area contributed by atoms with E-state index in [4.69, 9.17) is 5.11 Å². The third-order valence-corrected chi connectivity index (χ3v) is 3.49. The summed E-state index contributed by atoms with van der Waals surface area (Å²) in [4.78, 5) is 10.2. The summed E-state index contributed by atoms with van der Waals surface area (Å²) in [6.07, 6.45) is 7.27. The van der Waals surface area contributed by atoms with Gasteiger partial charge in [0.25, 0.3) is 0 Å². The van der Waals surface area contributed by atoms with Crippen molar-refractivity contribution in [3.63, 3.8) is 0 Å². The SMILES string of the molecule is CCCC(O)CCC(O)C(O)CCCCCC=CC(=O)O. The maximum absolute atomic E-state index is 10.2. The molecule has 4 N–H and O–H groups in total. The first-order valence-electron chi connectivity index (χ1n) is 7.91. The monoisotopic (exact) mass is 302 g/mol. The molecule has 0 heterocycles. The molecule has 0 saturated heterocycles. The highest BCUT2D eigenvalue weighted by molar-refractivity contribution is 5.79. The lowest BCUT2D eigenvalue weighted by atomic mass is 9.99. The van der Waals surface area contributed by atoms with Gasteiger partial charge in [0.2, 0.25) is 0 Å². The predicted molar refractivity (Wildman–Crippen MR) is 82.0 cm³/mol. The van der Waals surface area contributed by atoms with E-state index >= 15 is 0 Å². The first-order chi connectivity index (χ1) is 9.97. The van der Waals surface area contributed by atoms with Crippen molar-refractivity contribution in [2.24, 2.45) is 0 Å². The third kappa shape index (κ3) is 12.5. The molecule has 0 aromatic heterocycles. The van der Waals surface area contributed by atoms with Gasteiger partial charge in [-0.15, -0.1) is 0 Å². The van der Waals surface area contributed by atoms with Crippen molar-refractivity contribution >= 4 is 5.97 Å². The quantitative estimate of drug-likeness (QED) is 0.309. The Balaban J connectivity index is 3.59. The topological polar surface area (TPSA) is 98.0 Å². The van der Waals surface area contributed by atoms with Crippen molar-refractivity contribution in [2.75, 3.05) is 0 Å². The van der Waals surface area contributed by atoms with Crippen LogP contribution in [0.5, 0.6) is 0 Å². The van der Waals surface area contributed by atoms with E-state index in [1.54, 1.807) is 6.08 Å². The van der Waals surface area contributed by atoms with Gasteiger partial charge in [0.15, 0.2) is 0 Å². The van der Waals surface area contributed by atoms with Crippen LogP contribution in [-0.2, 0) is 4.79 Å². The van der Waals surface area contributed by atoms with Crippen molar-refractivity contribution in [3.05, 3.63) is 12.2 Å². The number of rotatable bonds is 13. The third-order valence-electron chi connectivity index (χ3n) is 3.49. The van der Waals surface area contributed by atoms with E-state index in [1.165, 1.54) is 0 Å². The number of carbonyl (C=O) groups is 1. The Kier molecular flexibility index (Phi) is 12.2. The smallest absolute Gasteiger partial charge is 0.327 e. The lowest BCUT2D eigenvalue weighted by molar-refractivity contribution is -0.131. The molecule has 3 unspecified atom stereocenters. The van der Waals surface area contributed by atoms with Crippen molar-refractivity contribution in [1.82, 2.24) is 0 Å². The Hall–Kier alpha value is -0.910. The minimum absolute atomic E-state index is 0.391. The molecule has 5 heteroatoms. The Morgan fingerprint density at radius 1 is 0.952 bits per heavy atom. The van der Waals surface area contributed by atoms with Gasteiger partial charge in [-0.2, -0.15) is 0 Å². The van der Waals surface area contributed by atoms with Crippen LogP contribution in [0.2, 0.25) is 0 Å².